The molecule has 0 aromatic heterocycles. The fourth-order valence-electron chi connectivity index (χ4n) is 3.27. The average Bonchev–Trinajstić information content (AvgIpc) is 2.69. The lowest BCUT2D eigenvalue weighted by atomic mass is 10.1. The number of rotatable bonds is 9. The second kappa shape index (κ2) is 11.2. The number of ether oxygens (including phenoxy) is 1. The fraction of sp³-hybridized carbons (Fsp3) is 0.417. The summed E-state index contributed by atoms with van der Waals surface area (Å²) in [5.74, 6) is 0.971. The number of benzene rings is 2. The van der Waals surface area contributed by atoms with Crippen molar-refractivity contribution in [3.05, 3.63) is 41.5 Å². The summed E-state index contributed by atoms with van der Waals surface area (Å²) in [6.07, 6.45) is 4.33. The Balaban J connectivity index is 2.11. The van der Waals surface area contributed by atoms with Crippen LogP contribution in [-0.2, 0) is 4.79 Å². The molecule has 0 saturated heterocycles. The van der Waals surface area contributed by atoms with Gasteiger partial charge in [0.15, 0.2) is 0 Å². The molecular formula is C24H33N3O4. The summed E-state index contributed by atoms with van der Waals surface area (Å²) in [6, 6.07) is 8.11. The highest BCUT2D eigenvalue weighted by Crippen LogP contribution is 2.35. The second-order valence-corrected chi connectivity index (χ2v) is 7.81. The van der Waals surface area contributed by atoms with Crippen molar-refractivity contribution in [3.63, 3.8) is 0 Å². The molecule has 0 heterocycles. The van der Waals surface area contributed by atoms with E-state index in [1.54, 1.807) is 24.1 Å². The zero-order valence-corrected chi connectivity index (χ0v) is 19.0. The first-order chi connectivity index (χ1) is 14.7. The SMILES string of the molecule is CCCCCCN(C)C(=O)Nc1cc(Oc2c(C)cc(NC(C)=O)cc2C)ccc1O. The molecule has 0 aliphatic carbocycles. The van der Waals surface area contributed by atoms with Gasteiger partial charge >= 0.3 is 6.03 Å². The van der Waals surface area contributed by atoms with E-state index < -0.39 is 0 Å². The third-order valence-electron chi connectivity index (χ3n) is 4.90. The quantitative estimate of drug-likeness (QED) is 0.348. The standard InChI is InChI=1S/C24H33N3O4/c1-6-7-8-9-12-27(5)24(30)26-21-15-20(10-11-22(21)29)31-23-16(2)13-19(14-17(23)3)25-18(4)28/h10-11,13-15,29H,6-9,12H2,1-5H3,(H,25,28)(H,26,30). The van der Waals surface area contributed by atoms with Crippen LogP contribution in [0.3, 0.4) is 0 Å². The van der Waals surface area contributed by atoms with Crippen molar-refractivity contribution in [1.82, 2.24) is 4.90 Å². The molecule has 0 atom stereocenters. The van der Waals surface area contributed by atoms with Crippen LogP contribution in [0.25, 0.3) is 0 Å². The van der Waals surface area contributed by atoms with Gasteiger partial charge in [0.2, 0.25) is 5.91 Å². The van der Waals surface area contributed by atoms with Gasteiger partial charge in [-0.15, -0.1) is 0 Å². The average molecular weight is 428 g/mol. The highest BCUT2D eigenvalue weighted by atomic mass is 16.5. The summed E-state index contributed by atoms with van der Waals surface area (Å²) in [6.45, 7) is 8.05. The lowest BCUT2D eigenvalue weighted by Gasteiger charge is -2.19. The predicted molar refractivity (Wildman–Crippen MR) is 124 cm³/mol. The molecule has 0 spiro atoms. The minimum Gasteiger partial charge on any atom is -0.506 e. The van der Waals surface area contributed by atoms with Crippen molar-refractivity contribution in [3.8, 4) is 17.2 Å². The smallest absolute Gasteiger partial charge is 0.321 e. The number of phenols is 1. The van der Waals surface area contributed by atoms with Crippen molar-refractivity contribution in [2.75, 3.05) is 24.2 Å². The van der Waals surface area contributed by atoms with Crippen LogP contribution in [0.1, 0.15) is 50.7 Å². The highest BCUT2D eigenvalue weighted by Gasteiger charge is 2.14. The summed E-state index contributed by atoms with van der Waals surface area (Å²) in [5, 5.41) is 15.7. The van der Waals surface area contributed by atoms with E-state index in [9.17, 15) is 14.7 Å². The Hall–Kier alpha value is -3.22. The van der Waals surface area contributed by atoms with Crippen molar-refractivity contribution < 1.29 is 19.4 Å². The number of aromatic hydroxyl groups is 1. The van der Waals surface area contributed by atoms with Gasteiger partial charge in [-0.3, -0.25) is 4.79 Å². The Morgan fingerprint density at radius 1 is 1.03 bits per heavy atom. The van der Waals surface area contributed by atoms with Crippen molar-refractivity contribution >= 4 is 23.3 Å². The lowest BCUT2D eigenvalue weighted by molar-refractivity contribution is -0.114. The van der Waals surface area contributed by atoms with E-state index >= 15 is 0 Å². The molecule has 7 nitrogen and oxygen atoms in total. The first-order valence-electron chi connectivity index (χ1n) is 10.6. The molecule has 2 aromatic carbocycles. The molecule has 3 amide bonds. The maximum Gasteiger partial charge on any atom is 0.321 e. The molecule has 0 aliphatic rings. The predicted octanol–water partition coefficient (Wildman–Crippen LogP) is 5.80. The zero-order valence-electron chi connectivity index (χ0n) is 19.0. The van der Waals surface area contributed by atoms with Crippen LogP contribution in [0.4, 0.5) is 16.2 Å². The molecule has 2 rings (SSSR count). The number of hydrogen-bond donors (Lipinski definition) is 3. The van der Waals surface area contributed by atoms with Crippen LogP contribution in [0.2, 0.25) is 0 Å². The Kier molecular flexibility index (Phi) is 8.73. The molecule has 0 radical (unpaired) electrons. The van der Waals surface area contributed by atoms with Crippen molar-refractivity contribution in [2.24, 2.45) is 0 Å². The number of nitrogens with zero attached hydrogens (tertiary/aromatic N) is 1. The van der Waals surface area contributed by atoms with E-state index in [0.29, 0.717) is 23.7 Å². The molecular weight excluding hydrogens is 394 g/mol. The number of amides is 3. The number of carbonyl (C=O) groups is 2. The van der Waals surface area contributed by atoms with Crippen LogP contribution >= 0.6 is 0 Å². The Morgan fingerprint density at radius 3 is 2.32 bits per heavy atom. The van der Waals surface area contributed by atoms with E-state index in [4.69, 9.17) is 4.74 Å². The van der Waals surface area contributed by atoms with Crippen LogP contribution in [0, 0.1) is 13.8 Å². The molecule has 3 N–H and O–H groups in total. The second-order valence-electron chi connectivity index (χ2n) is 7.81. The topological polar surface area (TPSA) is 90.9 Å². The molecule has 0 saturated carbocycles. The summed E-state index contributed by atoms with van der Waals surface area (Å²) < 4.78 is 6.04. The van der Waals surface area contributed by atoms with E-state index in [-0.39, 0.29) is 23.4 Å². The van der Waals surface area contributed by atoms with E-state index in [1.807, 2.05) is 26.0 Å². The van der Waals surface area contributed by atoms with Gasteiger partial charge in [0.05, 0.1) is 5.69 Å². The summed E-state index contributed by atoms with van der Waals surface area (Å²) >= 11 is 0. The van der Waals surface area contributed by atoms with Gasteiger partial charge in [-0.1, -0.05) is 26.2 Å². The van der Waals surface area contributed by atoms with Gasteiger partial charge < -0.3 is 25.4 Å². The van der Waals surface area contributed by atoms with Gasteiger partial charge in [0, 0.05) is 32.3 Å². The maximum absolute atomic E-state index is 12.5. The molecule has 7 heteroatoms. The normalized spacial score (nSPS) is 10.5. The number of hydrogen-bond acceptors (Lipinski definition) is 4. The van der Waals surface area contributed by atoms with Gasteiger partial charge in [0.1, 0.15) is 17.2 Å². The van der Waals surface area contributed by atoms with E-state index in [1.165, 1.54) is 13.0 Å². The van der Waals surface area contributed by atoms with Crippen LogP contribution in [0.15, 0.2) is 30.3 Å². The molecule has 0 aliphatic heterocycles. The largest absolute Gasteiger partial charge is 0.506 e. The summed E-state index contributed by atoms with van der Waals surface area (Å²) in [7, 11) is 1.74. The molecule has 0 bridgehead atoms. The minimum absolute atomic E-state index is 0.0328. The van der Waals surface area contributed by atoms with Crippen molar-refractivity contribution in [2.45, 2.75) is 53.4 Å². The highest BCUT2D eigenvalue weighted by molar-refractivity contribution is 5.91. The van der Waals surface area contributed by atoms with Gasteiger partial charge in [-0.2, -0.15) is 0 Å². The lowest BCUT2D eigenvalue weighted by Crippen LogP contribution is -2.32. The fourth-order valence-corrected chi connectivity index (χ4v) is 3.27. The van der Waals surface area contributed by atoms with Gasteiger partial charge in [-0.25, -0.2) is 4.79 Å². The van der Waals surface area contributed by atoms with Crippen LogP contribution in [0.5, 0.6) is 17.2 Å². The number of unbranched alkanes of at least 4 members (excludes halogenated alkanes) is 3. The number of carbonyl (C=O) groups excluding carboxylic acids is 2. The molecule has 0 fully saturated rings. The van der Waals surface area contributed by atoms with Crippen LogP contribution < -0.4 is 15.4 Å². The van der Waals surface area contributed by atoms with Crippen LogP contribution in [-0.4, -0.2) is 35.5 Å². The maximum atomic E-state index is 12.5. The summed E-state index contributed by atoms with van der Waals surface area (Å²) in [4.78, 5) is 25.4. The monoisotopic (exact) mass is 427 g/mol. The number of nitrogens with one attached hydrogen (secondary N) is 2. The first-order valence-corrected chi connectivity index (χ1v) is 10.6. The Labute approximate surface area is 184 Å². The summed E-state index contributed by atoms with van der Waals surface area (Å²) in [5.41, 5.74) is 2.70. The Morgan fingerprint density at radius 2 is 1.71 bits per heavy atom. The van der Waals surface area contributed by atoms with E-state index in [0.717, 1.165) is 36.8 Å². The molecule has 31 heavy (non-hydrogen) atoms. The zero-order chi connectivity index (χ0) is 23.0. The van der Waals surface area contributed by atoms with Gasteiger partial charge in [-0.05, 0) is 55.7 Å². The number of phenolic OH excluding ortho intramolecular Hbond substituents is 1. The molecule has 0 unspecified atom stereocenters. The third kappa shape index (κ3) is 7.20. The molecule has 2 aromatic rings. The van der Waals surface area contributed by atoms with Gasteiger partial charge in [0.25, 0.3) is 0 Å². The molecule has 168 valence electrons. The Bertz CT molecular complexity index is 904. The number of anilines is 2. The first kappa shape index (κ1) is 24.1. The van der Waals surface area contributed by atoms with E-state index in [2.05, 4.69) is 17.6 Å². The number of aryl methyl sites for hydroxylation is 2. The number of urea groups is 1. The minimum atomic E-state index is -0.282. The third-order valence-corrected chi connectivity index (χ3v) is 4.90. The van der Waals surface area contributed by atoms with Crippen molar-refractivity contribution in [1.29, 1.82) is 0 Å².